The molecule has 1 N–H and O–H groups in total. The van der Waals surface area contributed by atoms with E-state index in [4.69, 9.17) is 29.6 Å². The van der Waals surface area contributed by atoms with Gasteiger partial charge in [0, 0.05) is 12.7 Å². The first kappa shape index (κ1) is 19.1. The van der Waals surface area contributed by atoms with Crippen molar-refractivity contribution in [2.45, 2.75) is 6.92 Å². The molecule has 2 radical (unpaired) electrons. The van der Waals surface area contributed by atoms with Gasteiger partial charge in [0.1, 0.15) is 0 Å². The molecule has 17 heavy (non-hydrogen) atoms. The van der Waals surface area contributed by atoms with Crippen LogP contribution in [0.4, 0.5) is 0 Å². The zero-order valence-corrected chi connectivity index (χ0v) is 13.8. The van der Waals surface area contributed by atoms with Crippen LogP contribution in [0.15, 0.2) is 35.9 Å². The average molecular weight is 337 g/mol. The fourth-order valence-corrected chi connectivity index (χ4v) is 1.03. The van der Waals surface area contributed by atoms with Crippen molar-refractivity contribution in [3.63, 3.8) is 0 Å². The van der Waals surface area contributed by atoms with Crippen molar-refractivity contribution < 1.29 is 9.53 Å². The fourth-order valence-electron chi connectivity index (χ4n) is 1.03. The van der Waals surface area contributed by atoms with Gasteiger partial charge >= 0.3 is 39.9 Å². The molecular weight excluding hydrogens is 320 g/mol. The Labute approximate surface area is 118 Å². The van der Waals surface area contributed by atoms with Crippen LogP contribution in [0.3, 0.4) is 0 Å². The van der Waals surface area contributed by atoms with E-state index in [0.717, 1.165) is 12.7 Å². The quantitative estimate of drug-likeness (QED) is 0.383. The Morgan fingerprint density at radius 1 is 1.24 bits per heavy atom. The first-order valence-electron chi connectivity index (χ1n) is 4.75. The van der Waals surface area contributed by atoms with Crippen LogP contribution in [0, 0.1) is 0 Å². The standard InChI is InChI=1S/C11H13O.CH4O.Cl2Ge/c1-10(9-12-2)8-11-6-4-3-5-7-11;1-2;1-3-2/h3-9H,1-2H3;2H,1H3;/q+1;;/b10-8+;;. The summed E-state index contributed by atoms with van der Waals surface area (Å²) in [6.45, 7) is 2.01. The molecule has 0 fully saturated rings. The number of benzene rings is 1. The minimum absolute atomic E-state index is 0.556. The first-order valence-corrected chi connectivity index (χ1v) is 10.3. The van der Waals surface area contributed by atoms with E-state index in [1.165, 1.54) is 5.56 Å². The van der Waals surface area contributed by atoms with Crippen molar-refractivity contribution >= 4 is 46.0 Å². The van der Waals surface area contributed by atoms with Crippen molar-refractivity contribution in [1.29, 1.82) is 0 Å². The summed E-state index contributed by atoms with van der Waals surface area (Å²) in [4.78, 5) is 0. The number of aliphatic hydroxyl groups is 1. The number of aliphatic hydroxyl groups excluding tert-OH is 1. The van der Waals surface area contributed by atoms with Gasteiger partial charge in [-0.25, -0.2) is 0 Å². The summed E-state index contributed by atoms with van der Waals surface area (Å²) in [6, 6.07) is 10.2. The van der Waals surface area contributed by atoms with Gasteiger partial charge in [0.2, 0.25) is 0 Å². The predicted molar refractivity (Wildman–Crippen MR) is 77.7 cm³/mol. The molecule has 0 unspecified atom stereocenters. The van der Waals surface area contributed by atoms with E-state index in [1.54, 1.807) is 13.4 Å². The molecule has 0 aliphatic heterocycles. The molecule has 0 heterocycles. The fraction of sp³-hybridized carbons (Fsp3) is 0.250. The van der Waals surface area contributed by atoms with E-state index in [0.29, 0.717) is 0 Å². The Morgan fingerprint density at radius 2 is 1.71 bits per heavy atom. The zero-order chi connectivity index (χ0) is 13.5. The zero-order valence-electron chi connectivity index (χ0n) is 10.2. The summed E-state index contributed by atoms with van der Waals surface area (Å²) < 4.78 is 4.88. The van der Waals surface area contributed by atoms with Gasteiger partial charge < -0.3 is 5.11 Å². The summed E-state index contributed by atoms with van der Waals surface area (Å²) in [7, 11) is 12.4. The molecule has 0 spiro atoms. The Balaban J connectivity index is 0. The third-order valence-electron chi connectivity index (χ3n) is 1.50. The molecule has 0 atom stereocenters. The minimum atomic E-state index is -0.556. The molecule has 1 aromatic carbocycles. The number of carbonyl (C=O) groups excluding carboxylic acids is 1. The summed E-state index contributed by atoms with van der Waals surface area (Å²) in [6.07, 6.45) is 3.80. The van der Waals surface area contributed by atoms with Crippen LogP contribution >= 0.6 is 20.0 Å². The molecule has 5 heteroatoms. The molecule has 0 aliphatic carbocycles. The van der Waals surface area contributed by atoms with Gasteiger partial charge in [-0.1, -0.05) is 30.3 Å². The topological polar surface area (TPSA) is 31.5 Å². The Hall–Kier alpha value is -0.287. The van der Waals surface area contributed by atoms with E-state index in [-0.39, 0.29) is 0 Å². The van der Waals surface area contributed by atoms with Gasteiger partial charge in [-0.05, 0) is 18.6 Å². The number of hydrogen-bond donors (Lipinski definition) is 1. The third kappa shape index (κ3) is 13.6. The Kier molecular flexibility index (Phi) is 17.6. The van der Waals surface area contributed by atoms with Crippen LogP contribution < -0.4 is 0 Å². The second-order valence-corrected chi connectivity index (χ2v) is 5.99. The maximum absolute atomic E-state index is 7.00. The van der Waals surface area contributed by atoms with Crippen LogP contribution in [-0.4, -0.2) is 39.2 Å². The molecule has 0 aliphatic rings. The predicted octanol–water partition coefficient (Wildman–Crippen LogP) is 3.06. The summed E-state index contributed by atoms with van der Waals surface area (Å²) in [5.74, 6) is 0. The normalized spacial score (nSPS) is 10.1. The average Bonchev–Trinajstić information content (AvgIpc) is 2.34. The molecule has 0 saturated carbocycles. The van der Waals surface area contributed by atoms with Crippen molar-refractivity contribution in [3.05, 3.63) is 41.5 Å². The maximum atomic E-state index is 7.00. The van der Waals surface area contributed by atoms with Gasteiger partial charge in [-0.15, -0.1) is 0 Å². The second kappa shape index (κ2) is 15.7. The monoisotopic (exact) mass is 337 g/mol. The third-order valence-corrected chi connectivity index (χ3v) is 1.50. The van der Waals surface area contributed by atoms with E-state index >= 15 is 0 Å². The molecule has 1 rings (SSSR count). The molecule has 1 aromatic rings. The van der Waals surface area contributed by atoms with Gasteiger partial charge in [0.05, 0.1) is 0 Å². The molecule has 0 aromatic heterocycles. The molecule has 0 amide bonds. The Morgan fingerprint density at radius 3 is 2.12 bits per heavy atom. The van der Waals surface area contributed by atoms with Crippen molar-refractivity contribution in [3.8, 4) is 0 Å². The van der Waals surface area contributed by atoms with Crippen molar-refractivity contribution in [1.82, 2.24) is 0 Å². The van der Waals surface area contributed by atoms with Crippen LogP contribution in [-0.2, 0) is 4.42 Å². The number of hydrogen-bond acceptors (Lipinski definition) is 1. The number of aldehydes is 1. The summed E-state index contributed by atoms with van der Waals surface area (Å²) in [5.41, 5.74) is 2.31. The van der Waals surface area contributed by atoms with Gasteiger partial charge in [0.15, 0.2) is 0 Å². The van der Waals surface area contributed by atoms with Gasteiger partial charge in [0.25, 0.3) is 7.11 Å². The van der Waals surface area contributed by atoms with E-state index in [9.17, 15) is 0 Å². The Bertz CT molecular complexity index is 314. The van der Waals surface area contributed by atoms with Crippen LogP contribution in [0.1, 0.15) is 12.5 Å². The summed E-state index contributed by atoms with van der Waals surface area (Å²) >= 11 is -0.556. The van der Waals surface area contributed by atoms with Gasteiger partial charge in [-0.3, -0.25) is 4.42 Å². The molecule has 0 saturated heterocycles. The van der Waals surface area contributed by atoms with E-state index in [2.05, 4.69) is 18.2 Å². The molecule has 0 bridgehead atoms. The molecular formula is C12H17Cl2GeO2+. The second-order valence-electron chi connectivity index (χ2n) is 2.72. The number of rotatable bonds is 2. The number of allylic oxidation sites excluding steroid dienone is 1. The van der Waals surface area contributed by atoms with Gasteiger partial charge in [-0.2, -0.15) is 0 Å². The molecule has 2 nitrogen and oxygen atoms in total. The van der Waals surface area contributed by atoms with Crippen LogP contribution in [0.2, 0.25) is 0 Å². The molecule has 94 valence electrons. The van der Waals surface area contributed by atoms with Crippen LogP contribution in [0.5, 0.6) is 0 Å². The van der Waals surface area contributed by atoms with Crippen LogP contribution in [0.25, 0.3) is 6.08 Å². The van der Waals surface area contributed by atoms with E-state index < -0.39 is 13.6 Å². The number of halogens is 2. The van der Waals surface area contributed by atoms with Crippen molar-refractivity contribution in [2.75, 3.05) is 14.2 Å². The van der Waals surface area contributed by atoms with E-state index in [1.807, 2.05) is 25.1 Å². The summed E-state index contributed by atoms with van der Waals surface area (Å²) in [5, 5.41) is 7.00. The van der Waals surface area contributed by atoms with Crippen molar-refractivity contribution in [2.24, 2.45) is 0 Å². The first-order chi connectivity index (χ1) is 8.24. The SMILES string of the molecule is CO.C[O+]=C/C(C)=C/c1ccccc1.[Cl][Ge][Cl].